The molecule has 1 N–H and O–H groups in total. The van der Waals surface area contributed by atoms with Gasteiger partial charge in [-0.1, -0.05) is 23.2 Å². The van der Waals surface area contributed by atoms with Gasteiger partial charge >= 0.3 is 6.18 Å². The minimum atomic E-state index is -4.67. The Morgan fingerprint density at radius 2 is 1.87 bits per heavy atom. The highest BCUT2D eigenvalue weighted by Crippen LogP contribution is 2.37. The Bertz CT molecular complexity index is 972. The summed E-state index contributed by atoms with van der Waals surface area (Å²) in [6.07, 6.45) is -4.67. The number of amides is 1. The fourth-order valence-corrected chi connectivity index (χ4v) is 3.93. The maximum Gasteiger partial charge on any atom is 0.436 e. The summed E-state index contributed by atoms with van der Waals surface area (Å²) < 4.78 is 45.3. The van der Waals surface area contributed by atoms with Crippen LogP contribution in [0.4, 0.5) is 24.5 Å². The molecule has 0 unspecified atom stereocenters. The fraction of sp³-hybridized carbons (Fsp3) is 0.474. The number of aromatic nitrogens is 2. The Morgan fingerprint density at radius 3 is 2.39 bits per heavy atom. The van der Waals surface area contributed by atoms with E-state index in [1.807, 2.05) is 6.07 Å². The monoisotopic (exact) mass is 479 g/mol. The number of rotatable bonds is 5. The molecule has 1 amide bonds. The largest absolute Gasteiger partial charge is 0.495 e. The molecule has 0 aliphatic carbocycles. The highest BCUT2D eigenvalue weighted by molar-refractivity contribution is 6.32. The van der Waals surface area contributed by atoms with Gasteiger partial charge in [0, 0.05) is 39.3 Å². The number of methoxy groups -OCH3 is 1. The highest BCUT2D eigenvalue weighted by Gasteiger charge is 2.38. The number of piperazine rings is 1. The van der Waals surface area contributed by atoms with Gasteiger partial charge in [-0.2, -0.15) is 18.3 Å². The third kappa shape index (κ3) is 4.79. The zero-order chi connectivity index (χ0) is 22.9. The molecule has 1 aromatic heterocycles. The van der Waals surface area contributed by atoms with E-state index in [-0.39, 0.29) is 18.1 Å². The molecule has 1 aliphatic rings. The van der Waals surface area contributed by atoms with Crippen molar-refractivity contribution in [2.24, 2.45) is 0 Å². The minimum Gasteiger partial charge on any atom is -0.495 e. The summed E-state index contributed by atoms with van der Waals surface area (Å²) in [5.41, 5.74) is 0.640. The van der Waals surface area contributed by atoms with Crippen molar-refractivity contribution in [2.45, 2.75) is 19.6 Å². The van der Waals surface area contributed by atoms with Crippen LogP contribution in [0.3, 0.4) is 0 Å². The van der Waals surface area contributed by atoms with Gasteiger partial charge in [0.05, 0.1) is 34.2 Å². The van der Waals surface area contributed by atoms with Crippen molar-refractivity contribution >= 4 is 40.5 Å². The van der Waals surface area contributed by atoms with Crippen molar-refractivity contribution in [1.29, 1.82) is 0 Å². The van der Waals surface area contributed by atoms with Crippen LogP contribution in [0.25, 0.3) is 0 Å². The van der Waals surface area contributed by atoms with Gasteiger partial charge < -0.3 is 19.9 Å². The Kier molecular flexibility index (Phi) is 6.80. The standard InChI is InChI=1S/C19H22Cl2F3N5O2/c1-11-17(21)18(19(22,23)24)26-29(11)10-16(30)28-6-4-27(5-7-28)14-9-15(31-3)12(20)8-13(14)25-2/h8-9,25H,4-7,10H2,1-3H3. The van der Waals surface area contributed by atoms with Gasteiger partial charge in [-0.3, -0.25) is 9.48 Å². The summed E-state index contributed by atoms with van der Waals surface area (Å²) in [6.45, 7) is 3.00. The summed E-state index contributed by atoms with van der Waals surface area (Å²) in [4.78, 5) is 16.4. The molecule has 1 aromatic carbocycles. The molecule has 7 nitrogen and oxygen atoms in total. The molecule has 2 heterocycles. The van der Waals surface area contributed by atoms with Crippen molar-refractivity contribution < 1.29 is 22.7 Å². The van der Waals surface area contributed by atoms with Crippen molar-refractivity contribution in [3.05, 3.63) is 33.6 Å². The van der Waals surface area contributed by atoms with Crippen LogP contribution < -0.4 is 15.0 Å². The van der Waals surface area contributed by atoms with E-state index in [0.717, 1.165) is 16.1 Å². The van der Waals surface area contributed by atoms with E-state index in [1.165, 1.54) is 14.0 Å². The third-order valence-corrected chi connectivity index (χ3v) is 5.95. The number of carbonyl (C=O) groups is 1. The van der Waals surface area contributed by atoms with Crippen LogP contribution in [0.15, 0.2) is 12.1 Å². The average Bonchev–Trinajstić information content (AvgIpc) is 3.02. The highest BCUT2D eigenvalue weighted by atomic mass is 35.5. The number of nitrogens with one attached hydrogen (secondary N) is 1. The first-order chi connectivity index (χ1) is 14.6. The number of alkyl halides is 3. The molecule has 12 heteroatoms. The van der Waals surface area contributed by atoms with Crippen LogP contribution in [0.5, 0.6) is 5.75 Å². The molecule has 0 bridgehead atoms. The Hall–Kier alpha value is -2.33. The Labute approximate surface area is 187 Å². The summed E-state index contributed by atoms with van der Waals surface area (Å²) >= 11 is 11.9. The lowest BCUT2D eigenvalue weighted by Gasteiger charge is -2.37. The van der Waals surface area contributed by atoms with Crippen molar-refractivity contribution in [3.8, 4) is 5.75 Å². The molecular weight excluding hydrogens is 458 g/mol. The molecule has 1 aliphatic heterocycles. The summed E-state index contributed by atoms with van der Waals surface area (Å²) in [5.74, 6) is 0.221. The van der Waals surface area contributed by atoms with Gasteiger partial charge in [0.2, 0.25) is 5.91 Å². The molecular formula is C19H22Cl2F3N5O2. The van der Waals surface area contributed by atoms with Crippen LogP contribution in [0, 0.1) is 6.92 Å². The van der Waals surface area contributed by atoms with Gasteiger partial charge in [0.25, 0.3) is 0 Å². The first kappa shape index (κ1) is 23.3. The van der Waals surface area contributed by atoms with E-state index in [0.29, 0.717) is 37.0 Å². The molecule has 1 saturated heterocycles. The SMILES string of the molecule is CNc1cc(Cl)c(OC)cc1N1CCN(C(=O)Cn2nc(C(F)(F)F)c(Cl)c2C)CC1. The van der Waals surface area contributed by atoms with Gasteiger partial charge in [0.1, 0.15) is 12.3 Å². The zero-order valence-electron chi connectivity index (χ0n) is 17.2. The summed E-state index contributed by atoms with van der Waals surface area (Å²) in [7, 11) is 3.32. The van der Waals surface area contributed by atoms with Gasteiger partial charge in [-0.25, -0.2) is 0 Å². The summed E-state index contributed by atoms with van der Waals surface area (Å²) in [6, 6.07) is 3.61. The molecule has 3 rings (SSSR count). The van der Waals surface area contributed by atoms with Crippen molar-refractivity contribution in [2.75, 3.05) is 50.6 Å². The van der Waals surface area contributed by atoms with Gasteiger partial charge in [-0.05, 0) is 13.0 Å². The number of ether oxygens (including phenoxy) is 1. The lowest BCUT2D eigenvalue weighted by molar-refractivity contribution is -0.142. The van der Waals surface area contributed by atoms with E-state index in [4.69, 9.17) is 27.9 Å². The summed E-state index contributed by atoms with van der Waals surface area (Å²) in [5, 5.41) is 6.59. The number of hydrogen-bond acceptors (Lipinski definition) is 5. The number of benzene rings is 1. The van der Waals surface area contributed by atoms with E-state index < -0.39 is 16.9 Å². The van der Waals surface area contributed by atoms with Crippen LogP contribution in [-0.4, -0.2) is 60.9 Å². The number of hydrogen-bond donors (Lipinski definition) is 1. The topological polar surface area (TPSA) is 62.6 Å². The Balaban J connectivity index is 1.69. The van der Waals surface area contributed by atoms with Gasteiger partial charge in [-0.15, -0.1) is 0 Å². The molecule has 0 spiro atoms. The number of carbonyl (C=O) groups excluding carboxylic acids is 1. The number of nitrogens with zero attached hydrogens (tertiary/aromatic N) is 4. The van der Waals surface area contributed by atoms with Crippen LogP contribution in [-0.2, 0) is 17.5 Å². The molecule has 2 aromatic rings. The average molecular weight is 480 g/mol. The molecule has 0 radical (unpaired) electrons. The van der Waals surface area contributed by atoms with E-state index in [2.05, 4.69) is 15.3 Å². The second-order valence-corrected chi connectivity index (χ2v) is 7.81. The lowest BCUT2D eigenvalue weighted by atomic mass is 10.2. The van der Waals surface area contributed by atoms with Crippen LogP contribution in [0.2, 0.25) is 10.0 Å². The van der Waals surface area contributed by atoms with Gasteiger partial charge in [0.15, 0.2) is 5.69 Å². The molecule has 0 saturated carbocycles. The van der Waals surface area contributed by atoms with Crippen molar-refractivity contribution in [1.82, 2.24) is 14.7 Å². The molecule has 31 heavy (non-hydrogen) atoms. The van der Waals surface area contributed by atoms with Crippen LogP contribution in [0.1, 0.15) is 11.4 Å². The smallest absolute Gasteiger partial charge is 0.436 e. The minimum absolute atomic E-state index is 0.105. The first-order valence-electron chi connectivity index (χ1n) is 9.45. The zero-order valence-corrected chi connectivity index (χ0v) is 18.7. The fourth-order valence-electron chi connectivity index (χ4n) is 3.45. The predicted molar refractivity (Wildman–Crippen MR) is 113 cm³/mol. The van der Waals surface area contributed by atoms with Crippen molar-refractivity contribution in [3.63, 3.8) is 0 Å². The lowest BCUT2D eigenvalue weighted by Crippen LogP contribution is -2.49. The Morgan fingerprint density at radius 1 is 1.23 bits per heavy atom. The quantitative estimate of drug-likeness (QED) is 0.704. The maximum atomic E-state index is 13.0. The molecule has 170 valence electrons. The first-order valence-corrected chi connectivity index (χ1v) is 10.2. The van der Waals surface area contributed by atoms with E-state index in [9.17, 15) is 18.0 Å². The number of halogens is 5. The second-order valence-electron chi connectivity index (χ2n) is 7.03. The predicted octanol–water partition coefficient (Wildman–Crippen LogP) is 3.92. The van der Waals surface area contributed by atoms with E-state index in [1.54, 1.807) is 18.0 Å². The van der Waals surface area contributed by atoms with Crippen LogP contribution >= 0.6 is 23.2 Å². The second kappa shape index (κ2) is 9.04. The molecule has 0 atom stereocenters. The van der Waals surface area contributed by atoms with E-state index >= 15 is 0 Å². The maximum absolute atomic E-state index is 13.0. The number of anilines is 2. The molecule has 1 fully saturated rings. The normalized spacial score (nSPS) is 14.7. The third-order valence-electron chi connectivity index (χ3n) is 5.20.